The Balaban J connectivity index is 2.56. The third kappa shape index (κ3) is 0.919. The average Bonchev–Trinajstić information content (AvgIpc) is 2.14. The van der Waals surface area contributed by atoms with Crippen molar-refractivity contribution in [2.75, 3.05) is 5.75 Å². The summed E-state index contributed by atoms with van der Waals surface area (Å²) in [6.45, 7) is 0. The molecule has 0 radical (unpaired) electrons. The lowest BCUT2D eigenvalue weighted by molar-refractivity contribution is 0.264. The van der Waals surface area contributed by atoms with E-state index < -0.39 is 0 Å². The third-order valence-corrected chi connectivity index (χ3v) is 1.49. The van der Waals surface area contributed by atoms with Gasteiger partial charge in [0, 0.05) is 0 Å². The van der Waals surface area contributed by atoms with Gasteiger partial charge in [-0.25, -0.2) is 0 Å². The minimum Gasteiger partial charge on any atom is -0.409 e. The molecule has 44 valence electrons. The standard InChI is InChI=1S/C3H4N2O2S/c6-3-4-2(5-7)1-8-3/h7H,1H2,(H,4,5,6). The molecule has 0 aliphatic carbocycles. The van der Waals surface area contributed by atoms with Crippen molar-refractivity contribution in [1.82, 2.24) is 5.32 Å². The number of oxime groups is 1. The van der Waals surface area contributed by atoms with E-state index in [0.717, 1.165) is 11.8 Å². The van der Waals surface area contributed by atoms with Crippen LogP contribution in [-0.2, 0) is 0 Å². The lowest BCUT2D eigenvalue weighted by Gasteiger charge is -1.84. The molecule has 0 spiro atoms. The highest BCUT2D eigenvalue weighted by Crippen LogP contribution is 2.07. The number of nitrogens with one attached hydrogen (secondary N) is 1. The lowest BCUT2D eigenvalue weighted by Crippen LogP contribution is -2.19. The molecule has 5 heteroatoms. The number of hydrogen-bond acceptors (Lipinski definition) is 4. The van der Waals surface area contributed by atoms with Crippen molar-refractivity contribution in [3.8, 4) is 0 Å². The predicted molar refractivity (Wildman–Crippen MR) is 30.2 cm³/mol. The van der Waals surface area contributed by atoms with E-state index in [-0.39, 0.29) is 5.24 Å². The van der Waals surface area contributed by atoms with Crippen molar-refractivity contribution < 1.29 is 10.0 Å². The number of carbonyl (C=O) groups is 1. The van der Waals surface area contributed by atoms with E-state index in [1.54, 1.807) is 0 Å². The van der Waals surface area contributed by atoms with Gasteiger partial charge in [0.2, 0.25) is 0 Å². The van der Waals surface area contributed by atoms with Crippen LogP contribution < -0.4 is 5.32 Å². The van der Waals surface area contributed by atoms with Crippen LogP contribution in [0.25, 0.3) is 0 Å². The summed E-state index contributed by atoms with van der Waals surface area (Å²) in [5.41, 5.74) is 0. The third-order valence-electron chi connectivity index (χ3n) is 0.707. The van der Waals surface area contributed by atoms with E-state index >= 15 is 0 Å². The number of rotatable bonds is 0. The highest BCUT2D eigenvalue weighted by Gasteiger charge is 2.15. The second-order valence-electron chi connectivity index (χ2n) is 1.25. The van der Waals surface area contributed by atoms with E-state index in [9.17, 15) is 4.79 Å². The summed E-state index contributed by atoms with van der Waals surface area (Å²) >= 11 is 1.09. The molecule has 1 aliphatic heterocycles. The van der Waals surface area contributed by atoms with Gasteiger partial charge in [0.15, 0.2) is 5.84 Å². The first-order valence-electron chi connectivity index (χ1n) is 1.97. The first-order chi connectivity index (χ1) is 3.83. The zero-order valence-electron chi connectivity index (χ0n) is 3.92. The molecule has 1 rings (SSSR count). The van der Waals surface area contributed by atoms with E-state index in [0.29, 0.717) is 11.6 Å². The normalized spacial score (nSPS) is 24.0. The molecule has 1 fully saturated rings. The van der Waals surface area contributed by atoms with Crippen molar-refractivity contribution in [1.29, 1.82) is 0 Å². The number of thioether (sulfide) groups is 1. The van der Waals surface area contributed by atoms with E-state index in [4.69, 9.17) is 5.21 Å². The molecule has 0 aromatic rings. The van der Waals surface area contributed by atoms with Crippen LogP contribution in [0.2, 0.25) is 0 Å². The molecule has 8 heavy (non-hydrogen) atoms. The Hall–Kier alpha value is -0.710. The van der Waals surface area contributed by atoms with E-state index in [2.05, 4.69) is 10.5 Å². The van der Waals surface area contributed by atoms with Gasteiger partial charge < -0.3 is 10.5 Å². The number of amidine groups is 1. The topological polar surface area (TPSA) is 61.7 Å². The fraction of sp³-hybridized carbons (Fsp3) is 0.333. The van der Waals surface area contributed by atoms with Crippen molar-refractivity contribution in [2.24, 2.45) is 5.16 Å². The number of carbonyl (C=O) groups excluding carboxylic acids is 1. The highest BCUT2D eigenvalue weighted by molar-refractivity contribution is 8.14. The van der Waals surface area contributed by atoms with Crippen molar-refractivity contribution in [2.45, 2.75) is 0 Å². The number of amides is 1. The van der Waals surface area contributed by atoms with Gasteiger partial charge in [0.05, 0.1) is 5.75 Å². The van der Waals surface area contributed by atoms with E-state index in [1.807, 2.05) is 0 Å². The maximum absolute atomic E-state index is 10.3. The molecular formula is C3H4N2O2S. The summed E-state index contributed by atoms with van der Waals surface area (Å²) < 4.78 is 0. The zero-order valence-corrected chi connectivity index (χ0v) is 4.73. The minimum absolute atomic E-state index is 0.155. The van der Waals surface area contributed by atoms with Gasteiger partial charge in [0.1, 0.15) is 0 Å². The molecule has 0 bridgehead atoms. The van der Waals surface area contributed by atoms with Crippen LogP contribution in [0, 0.1) is 0 Å². The number of nitrogens with zero attached hydrogens (tertiary/aromatic N) is 1. The zero-order chi connectivity index (χ0) is 5.98. The van der Waals surface area contributed by atoms with Gasteiger partial charge in [-0.2, -0.15) is 0 Å². The quantitative estimate of drug-likeness (QED) is 0.366. The molecule has 0 saturated carbocycles. The van der Waals surface area contributed by atoms with Crippen LogP contribution in [0.3, 0.4) is 0 Å². The highest BCUT2D eigenvalue weighted by atomic mass is 32.2. The van der Waals surface area contributed by atoms with Crippen molar-refractivity contribution >= 4 is 22.8 Å². The summed E-state index contributed by atoms with van der Waals surface area (Å²) in [5.74, 6) is 0.787. The SMILES string of the molecule is O=C1N/C(=N/O)CS1. The molecule has 4 nitrogen and oxygen atoms in total. The molecule has 1 aliphatic rings. The smallest absolute Gasteiger partial charge is 0.284 e. The van der Waals surface area contributed by atoms with Crippen LogP contribution >= 0.6 is 11.8 Å². The first-order valence-corrected chi connectivity index (χ1v) is 2.96. The summed E-state index contributed by atoms with van der Waals surface area (Å²) in [6, 6.07) is 0. The van der Waals surface area contributed by atoms with Crippen LogP contribution in [0.1, 0.15) is 0 Å². The van der Waals surface area contributed by atoms with Gasteiger partial charge in [-0.3, -0.25) is 4.79 Å². The van der Waals surface area contributed by atoms with Crippen molar-refractivity contribution in [3.05, 3.63) is 0 Å². The Morgan fingerprint density at radius 2 is 2.62 bits per heavy atom. The van der Waals surface area contributed by atoms with Gasteiger partial charge in [-0.1, -0.05) is 16.9 Å². The maximum atomic E-state index is 10.3. The molecule has 1 amide bonds. The first kappa shape index (κ1) is 5.43. The monoisotopic (exact) mass is 132 g/mol. The fourth-order valence-corrected chi connectivity index (χ4v) is 0.965. The van der Waals surface area contributed by atoms with Crippen LogP contribution in [-0.4, -0.2) is 22.0 Å². The van der Waals surface area contributed by atoms with Gasteiger partial charge >= 0.3 is 0 Å². The summed E-state index contributed by atoms with van der Waals surface area (Å²) in [5, 5.41) is 13.0. The van der Waals surface area contributed by atoms with Gasteiger partial charge in [0.25, 0.3) is 5.24 Å². The maximum Gasteiger partial charge on any atom is 0.284 e. The Morgan fingerprint density at radius 1 is 1.88 bits per heavy atom. The predicted octanol–water partition coefficient (Wildman–Crippen LogP) is 0.231. The van der Waals surface area contributed by atoms with Crippen molar-refractivity contribution in [3.63, 3.8) is 0 Å². The lowest BCUT2D eigenvalue weighted by atomic mass is 10.7. The number of hydrogen-bond donors (Lipinski definition) is 2. The molecule has 1 heterocycles. The Kier molecular flexibility index (Phi) is 1.38. The molecular weight excluding hydrogens is 128 g/mol. The minimum atomic E-state index is -0.155. The Bertz CT molecular complexity index is 144. The molecule has 0 unspecified atom stereocenters. The van der Waals surface area contributed by atoms with E-state index in [1.165, 1.54) is 0 Å². The van der Waals surface area contributed by atoms with Crippen LogP contribution in [0.5, 0.6) is 0 Å². The molecule has 0 aromatic heterocycles. The summed E-state index contributed by atoms with van der Waals surface area (Å²) in [6.07, 6.45) is 0. The fourth-order valence-electron chi connectivity index (χ4n) is 0.378. The summed E-state index contributed by atoms with van der Waals surface area (Å²) in [4.78, 5) is 10.3. The van der Waals surface area contributed by atoms with Gasteiger partial charge in [-0.15, -0.1) is 0 Å². The average molecular weight is 132 g/mol. The molecule has 1 saturated heterocycles. The second-order valence-corrected chi connectivity index (χ2v) is 2.20. The van der Waals surface area contributed by atoms with Crippen LogP contribution in [0.15, 0.2) is 5.16 Å². The summed E-state index contributed by atoms with van der Waals surface area (Å²) in [7, 11) is 0. The largest absolute Gasteiger partial charge is 0.409 e. The second kappa shape index (κ2) is 2.04. The Morgan fingerprint density at radius 3 is 2.88 bits per heavy atom. The molecule has 2 N–H and O–H groups in total. The Labute approximate surface area is 49.9 Å². The van der Waals surface area contributed by atoms with Gasteiger partial charge in [-0.05, 0) is 0 Å². The molecule has 0 atom stereocenters. The molecule has 0 aromatic carbocycles. The van der Waals surface area contributed by atoms with Crippen LogP contribution in [0.4, 0.5) is 4.79 Å².